The third-order valence-electron chi connectivity index (χ3n) is 4.33. The number of thioether (sulfide) groups is 1. The monoisotopic (exact) mass is 419 g/mol. The zero-order chi connectivity index (χ0) is 20.5. The molecule has 10 heteroatoms. The molecule has 0 bridgehead atoms. The summed E-state index contributed by atoms with van der Waals surface area (Å²) in [7, 11) is 0. The SMILES string of the molecule is CC(=O)NCSCCC(=O)N1CCOC(COc2ccc(-n3cncn3)cc2)C1. The highest BCUT2D eigenvalue weighted by Gasteiger charge is 2.24. The Kier molecular flexibility index (Phi) is 7.88. The molecule has 1 N–H and O–H groups in total. The minimum atomic E-state index is -0.158. The Bertz CT molecular complexity index is 784. The molecule has 1 atom stereocenters. The summed E-state index contributed by atoms with van der Waals surface area (Å²) >= 11 is 1.54. The van der Waals surface area contributed by atoms with Crippen LogP contribution in [-0.4, -0.2) is 75.5 Å². The number of benzene rings is 1. The summed E-state index contributed by atoms with van der Waals surface area (Å²) in [5, 5.41) is 6.79. The van der Waals surface area contributed by atoms with E-state index in [1.54, 1.807) is 11.0 Å². The first-order valence-corrected chi connectivity index (χ1v) is 10.6. The van der Waals surface area contributed by atoms with Crippen LogP contribution in [0.25, 0.3) is 5.69 Å². The molecule has 156 valence electrons. The van der Waals surface area contributed by atoms with Gasteiger partial charge < -0.3 is 19.7 Å². The van der Waals surface area contributed by atoms with Crippen LogP contribution in [0.15, 0.2) is 36.9 Å². The fourth-order valence-electron chi connectivity index (χ4n) is 2.81. The molecule has 0 radical (unpaired) electrons. The van der Waals surface area contributed by atoms with Gasteiger partial charge in [-0.25, -0.2) is 9.67 Å². The van der Waals surface area contributed by atoms with E-state index in [0.717, 1.165) is 11.4 Å². The van der Waals surface area contributed by atoms with Crippen LogP contribution >= 0.6 is 11.8 Å². The lowest BCUT2D eigenvalue weighted by atomic mass is 10.2. The van der Waals surface area contributed by atoms with Crippen molar-refractivity contribution in [3.8, 4) is 11.4 Å². The average Bonchev–Trinajstić information content (AvgIpc) is 3.27. The van der Waals surface area contributed by atoms with Crippen LogP contribution in [0.4, 0.5) is 0 Å². The second-order valence-electron chi connectivity index (χ2n) is 6.51. The Balaban J connectivity index is 1.39. The van der Waals surface area contributed by atoms with Crippen LogP contribution in [0.5, 0.6) is 5.75 Å². The van der Waals surface area contributed by atoms with E-state index >= 15 is 0 Å². The van der Waals surface area contributed by atoms with Crippen LogP contribution in [0, 0.1) is 0 Å². The first-order valence-electron chi connectivity index (χ1n) is 9.41. The summed E-state index contributed by atoms with van der Waals surface area (Å²) in [4.78, 5) is 29.0. The normalized spacial score (nSPS) is 16.4. The van der Waals surface area contributed by atoms with Crippen LogP contribution in [0.1, 0.15) is 13.3 Å². The van der Waals surface area contributed by atoms with Gasteiger partial charge in [0.2, 0.25) is 11.8 Å². The molecule has 29 heavy (non-hydrogen) atoms. The van der Waals surface area contributed by atoms with Crippen molar-refractivity contribution in [2.24, 2.45) is 0 Å². The fourth-order valence-corrected chi connectivity index (χ4v) is 3.58. The largest absolute Gasteiger partial charge is 0.491 e. The van der Waals surface area contributed by atoms with E-state index in [1.165, 1.54) is 25.0 Å². The van der Waals surface area contributed by atoms with Crippen molar-refractivity contribution >= 4 is 23.6 Å². The van der Waals surface area contributed by atoms with Gasteiger partial charge in [-0.15, -0.1) is 11.8 Å². The quantitative estimate of drug-likeness (QED) is 0.480. The Morgan fingerprint density at radius 2 is 2.17 bits per heavy atom. The predicted octanol–water partition coefficient (Wildman–Crippen LogP) is 1.09. The predicted molar refractivity (Wildman–Crippen MR) is 109 cm³/mol. The van der Waals surface area contributed by atoms with Crippen LogP contribution < -0.4 is 10.1 Å². The lowest BCUT2D eigenvalue weighted by Gasteiger charge is -2.33. The van der Waals surface area contributed by atoms with Gasteiger partial charge in [-0.05, 0) is 24.3 Å². The van der Waals surface area contributed by atoms with Crippen molar-refractivity contribution in [1.29, 1.82) is 0 Å². The highest BCUT2D eigenvalue weighted by atomic mass is 32.2. The molecule has 1 aliphatic rings. The zero-order valence-electron chi connectivity index (χ0n) is 16.3. The van der Waals surface area contributed by atoms with E-state index in [4.69, 9.17) is 9.47 Å². The van der Waals surface area contributed by atoms with Gasteiger partial charge in [0.15, 0.2) is 0 Å². The summed E-state index contributed by atoms with van der Waals surface area (Å²) in [5.74, 6) is 1.97. The summed E-state index contributed by atoms with van der Waals surface area (Å²) < 4.78 is 13.2. The molecule has 9 nitrogen and oxygen atoms in total. The molecule has 2 heterocycles. The number of nitrogens with one attached hydrogen (secondary N) is 1. The van der Waals surface area contributed by atoms with Crippen LogP contribution in [-0.2, 0) is 14.3 Å². The van der Waals surface area contributed by atoms with E-state index in [-0.39, 0.29) is 17.9 Å². The Morgan fingerprint density at radius 3 is 2.90 bits per heavy atom. The smallest absolute Gasteiger partial charge is 0.223 e. The summed E-state index contributed by atoms with van der Waals surface area (Å²) in [5.41, 5.74) is 0.900. The van der Waals surface area contributed by atoms with Crippen molar-refractivity contribution < 1.29 is 19.1 Å². The van der Waals surface area contributed by atoms with Gasteiger partial charge in [-0.3, -0.25) is 9.59 Å². The first kappa shape index (κ1) is 21.1. The number of amides is 2. The lowest BCUT2D eigenvalue weighted by molar-refractivity contribution is -0.139. The zero-order valence-corrected chi connectivity index (χ0v) is 17.1. The highest BCUT2D eigenvalue weighted by Crippen LogP contribution is 2.16. The van der Waals surface area contributed by atoms with Crippen molar-refractivity contribution in [3.63, 3.8) is 0 Å². The Labute approximate surface area is 173 Å². The van der Waals surface area contributed by atoms with Gasteiger partial charge >= 0.3 is 0 Å². The molecule has 2 amide bonds. The standard InChI is InChI=1S/C19H25N5O4S/c1-15(25)21-14-29-9-6-19(26)23-7-8-27-18(10-23)11-28-17-4-2-16(3-5-17)24-13-20-12-22-24/h2-5,12-13,18H,6-11,14H2,1H3,(H,21,25). The van der Waals surface area contributed by atoms with Crippen LogP contribution in [0.3, 0.4) is 0 Å². The van der Waals surface area contributed by atoms with Crippen molar-refractivity contribution in [1.82, 2.24) is 25.0 Å². The summed E-state index contributed by atoms with van der Waals surface area (Å²) in [6.07, 6.45) is 3.41. The van der Waals surface area contributed by atoms with E-state index in [0.29, 0.717) is 44.4 Å². The summed E-state index contributed by atoms with van der Waals surface area (Å²) in [6.45, 7) is 3.48. The molecule has 1 fully saturated rings. The molecular weight excluding hydrogens is 394 g/mol. The van der Waals surface area contributed by atoms with Crippen molar-refractivity contribution in [2.75, 3.05) is 37.9 Å². The van der Waals surface area contributed by atoms with Crippen LogP contribution in [0.2, 0.25) is 0 Å². The maximum atomic E-state index is 12.4. The van der Waals surface area contributed by atoms with Gasteiger partial charge in [0, 0.05) is 25.6 Å². The number of hydrogen-bond acceptors (Lipinski definition) is 7. The minimum Gasteiger partial charge on any atom is -0.491 e. The number of nitrogens with zero attached hydrogens (tertiary/aromatic N) is 4. The molecule has 0 aliphatic carbocycles. The molecular formula is C19H25N5O4S. The molecule has 1 aromatic carbocycles. The van der Waals surface area contributed by atoms with Gasteiger partial charge in [0.1, 0.15) is 31.1 Å². The van der Waals surface area contributed by atoms with Gasteiger partial charge in [-0.1, -0.05) is 0 Å². The van der Waals surface area contributed by atoms with Gasteiger partial charge in [0.05, 0.1) is 24.7 Å². The summed E-state index contributed by atoms with van der Waals surface area (Å²) in [6, 6.07) is 7.55. The van der Waals surface area contributed by atoms with Crippen molar-refractivity contribution in [3.05, 3.63) is 36.9 Å². The third-order valence-corrected chi connectivity index (χ3v) is 5.17. The van der Waals surface area contributed by atoms with E-state index in [1.807, 2.05) is 29.2 Å². The number of carbonyl (C=O) groups excluding carboxylic acids is 2. The van der Waals surface area contributed by atoms with E-state index < -0.39 is 0 Å². The number of morpholine rings is 1. The number of ether oxygens (including phenoxy) is 2. The molecule has 1 unspecified atom stereocenters. The molecule has 0 saturated carbocycles. The number of hydrogen-bond donors (Lipinski definition) is 1. The highest BCUT2D eigenvalue weighted by molar-refractivity contribution is 7.99. The fraction of sp³-hybridized carbons (Fsp3) is 0.474. The third kappa shape index (κ3) is 6.75. The van der Waals surface area contributed by atoms with Gasteiger partial charge in [-0.2, -0.15) is 5.10 Å². The molecule has 1 saturated heterocycles. The molecule has 2 aromatic rings. The molecule has 3 rings (SSSR count). The van der Waals surface area contributed by atoms with Gasteiger partial charge in [0.25, 0.3) is 0 Å². The number of carbonyl (C=O) groups is 2. The Morgan fingerprint density at radius 1 is 1.34 bits per heavy atom. The molecule has 1 aromatic heterocycles. The number of rotatable bonds is 9. The van der Waals surface area contributed by atoms with E-state index in [2.05, 4.69) is 15.4 Å². The maximum Gasteiger partial charge on any atom is 0.223 e. The first-order chi connectivity index (χ1) is 14.1. The average molecular weight is 420 g/mol. The molecule has 1 aliphatic heterocycles. The van der Waals surface area contributed by atoms with E-state index in [9.17, 15) is 9.59 Å². The minimum absolute atomic E-state index is 0.0621. The number of aromatic nitrogens is 3. The second-order valence-corrected chi connectivity index (χ2v) is 7.62. The lowest BCUT2D eigenvalue weighted by Crippen LogP contribution is -2.47. The molecule has 0 spiro atoms. The second kappa shape index (κ2) is 10.8. The Hall–Kier alpha value is -2.59. The topological polar surface area (TPSA) is 98.6 Å². The van der Waals surface area contributed by atoms with Crippen molar-refractivity contribution in [2.45, 2.75) is 19.4 Å². The maximum absolute atomic E-state index is 12.4.